The monoisotopic (exact) mass is 454 g/mol. The van der Waals surface area contributed by atoms with E-state index in [2.05, 4.69) is 11.4 Å². The number of carbonyl (C=O) groups excluding carboxylic acids is 1. The van der Waals surface area contributed by atoms with E-state index in [9.17, 15) is 20.0 Å². The number of hydrogen-bond donors (Lipinski definition) is 2. The topological polar surface area (TPSA) is 99.4 Å². The Balaban J connectivity index is 1.94. The number of nitrogens with zero attached hydrogens (tertiary/aromatic N) is 1. The molecule has 31 heavy (non-hydrogen) atoms. The first-order valence-corrected chi connectivity index (χ1v) is 11.3. The van der Waals surface area contributed by atoms with E-state index in [0.29, 0.717) is 28.8 Å². The Bertz CT molecular complexity index is 1160. The smallest absolute Gasteiger partial charge is 0.412 e. The van der Waals surface area contributed by atoms with E-state index < -0.39 is 17.7 Å². The summed E-state index contributed by atoms with van der Waals surface area (Å²) in [6.45, 7) is 7.31. The number of benzene rings is 1. The molecule has 8 heteroatoms. The molecule has 3 rings (SSSR count). The molecule has 2 aromatic heterocycles. The molecule has 0 unspecified atom stereocenters. The molecule has 0 bridgehead atoms. The highest BCUT2D eigenvalue weighted by Gasteiger charge is 2.23. The van der Waals surface area contributed by atoms with Crippen LogP contribution < -0.4 is 5.32 Å². The zero-order valence-electron chi connectivity index (χ0n) is 17.6. The molecule has 2 N–H and O–H groups in total. The third-order valence-corrected chi connectivity index (χ3v) is 6.63. The second kappa shape index (κ2) is 8.92. The number of amides is 1. The fourth-order valence-electron chi connectivity index (χ4n) is 3.10. The Labute approximate surface area is 188 Å². The number of anilines is 1. The number of hydrogen-bond acceptors (Lipinski definition) is 6. The van der Waals surface area contributed by atoms with Gasteiger partial charge in [0.1, 0.15) is 16.5 Å². The Morgan fingerprint density at radius 1 is 1.16 bits per heavy atom. The fourth-order valence-corrected chi connectivity index (χ4v) is 5.01. The number of nitrogens with one attached hydrogen (secondary N) is 1. The summed E-state index contributed by atoms with van der Waals surface area (Å²) in [6, 6.07) is 11.3. The summed E-state index contributed by atoms with van der Waals surface area (Å²) in [7, 11) is 0. The number of ether oxygens (including phenoxy) is 1. The van der Waals surface area contributed by atoms with Crippen molar-refractivity contribution in [2.75, 3.05) is 5.32 Å². The van der Waals surface area contributed by atoms with E-state index in [-0.39, 0.29) is 4.88 Å². The van der Waals surface area contributed by atoms with Crippen LogP contribution in [0.25, 0.3) is 21.6 Å². The van der Waals surface area contributed by atoms with Gasteiger partial charge in [0.05, 0.1) is 16.1 Å². The van der Waals surface area contributed by atoms with Crippen molar-refractivity contribution in [3.8, 4) is 27.6 Å². The van der Waals surface area contributed by atoms with Crippen molar-refractivity contribution >= 4 is 40.4 Å². The average molecular weight is 455 g/mol. The lowest BCUT2D eigenvalue weighted by molar-refractivity contribution is 0.0634. The van der Waals surface area contributed by atoms with Gasteiger partial charge in [-0.05, 0) is 49.8 Å². The van der Waals surface area contributed by atoms with Crippen LogP contribution in [0.4, 0.5) is 10.5 Å². The molecular weight excluding hydrogens is 432 g/mol. The summed E-state index contributed by atoms with van der Waals surface area (Å²) >= 11 is 2.62. The summed E-state index contributed by atoms with van der Waals surface area (Å²) in [4.78, 5) is 25.7. The number of aryl methyl sites for hydroxylation is 1. The Hall–Kier alpha value is -3.15. The molecule has 0 aliphatic heterocycles. The van der Waals surface area contributed by atoms with Crippen LogP contribution in [0, 0.1) is 11.3 Å². The predicted octanol–water partition coefficient (Wildman–Crippen LogP) is 6.62. The van der Waals surface area contributed by atoms with Gasteiger partial charge in [-0.25, -0.2) is 9.59 Å². The predicted molar refractivity (Wildman–Crippen MR) is 124 cm³/mol. The van der Waals surface area contributed by atoms with Crippen molar-refractivity contribution in [1.82, 2.24) is 0 Å². The maximum absolute atomic E-state index is 12.1. The summed E-state index contributed by atoms with van der Waals surface area (Å²) in [5.74, 6) is -1.04. The lowest BCUT2D eigenvalue weighted by atomic mass is 9.98. The van der Waals surface area contributed by atoms with Gasteiger partial charge in [-0.2, -0.15) is 5.26 Å². The summed E-state index contributed by atoms with van der Waals surface area (Å²) in [5, 5.41) is 23.9. The first-order chi connectivity index (χ1) is 14.6. The molecule has 0 aliphatic carbocycles. The fraction of sp³-hybridized carbons (Fsp3) is 0.261. The zero-order chi connectivity index (χ0) is 22.8. The quantitative estimate of drug-likeness (QED) is 0.451. The Kier molecular flexibility index (Phi) is 6.48. The van der Waals surface area contributed by atoms with Crippen LogP contribution in [0.1, 0.15) is 47.8 Å². The van der Waals surface area contributed by atoms with E-state index in [4.69, 9.17) is 4.74 Å². The molecule has 2 heterocycles. The number of carbonyl (C=O) groups is 2. The maximum Gasteiger partial charge on any atom is 0.412 e. The first kappa shape index (κ1) is 22.5. The molecule has 0 fully saturated rings. The largest absolute Gasteiger partial charge is 0.477 e. The Morgan fingerprint density at radius 3 is 2.35 bits per heavy atom. The van der Waals surface area contributed by atoms with Crippen molar-refractivity contribution in [2.45, 2.75) is 39.7 Å². The number of aromatic carboxylic acids is 1. The van der Waals surface area contributed by atoms with E-state index in [1.54, 1.807) is 39.0 Å². The molecule has 0 atom stereocenters. The zero-order valence-corrected chi connectivity index (χ0v) is 19.2. The highest BCUT2D eigenvalue weighted by molar-refractivity contribution is 7.15. The van der Waals surface area contributed by atoms with Gasteiger partial charge in [0.25, 0.3) is 0 Å². The van der Waals surface area contributed by atoms with Crippen LogP contribution in [-0.4, -0.2) is 22.8 Å². The van der Waals surface area contributed by atoms with Gasteiger partial charge in [-0.3, -0.25) is 5.32 Å². The normalized spacial score (nSPS) is 11.1. The number of carboxylic acid groups (broad SMARTS) is 1. The van der Waals surface area contributed by atoms with Gasteiger partial charge in [-0.15, -0.1) is 22.7 Å². The van der Waals surface area contributed by atoms with Crippen LogP contribution in [0.3, 0.4) is 0 Å². The highest BCUT2D eigenvalue weighted by Crippen LogP contribution is 2.39. The molecule has 6 nitrogen and oxygen atoms in total. The van der Waals surface area contributed by atoms with Gasteiger partial charge in [0.15, 0.2) is 0 Å². The molecule has 160 valence electrons. The van der Waals surface area contributed by atoms with E-state index in [1.807, 2.05) is 24.4 Å². The third-order valence-electron chi connectivity index (χ3n) is 4.34. The van der Waals surface area contributed by atoms with Gasteiger partial charge >= 0.3 is 12.1 Å². The molecule has 0 aliphatic rings. The van der Waals surface area contributed by atoms with Gasteiger partial charge in [0, 0.05) is 10.4 Å². The van der Waals surface area contributed by atoms with Gasteiger partial charge in [0.2, 0.25) is 0 Å². The van der Waals surface area contributed by atoms with Crippen molar-refractivity contribution in [1.29, 1.82) is 5.26 Å². The summed E-state index contributed by atoms with van der Waals surface area (Å²) < 4.78 is 5.32. The number of carboxylic acids is 1. The molecule has 3 aromatic rings. The van der Waals surface area contributed by atoms with Crippen molar-refractivity contribution in [2.24, 2.45) is 0 Å². The SMILES string of the molecule is CCc1sc(C(=O)O)c(-c2ccc(-c3sccc3NC(=O)OC(C)(C)C)cc2)c1C#N. The van der Waals surface area contributed by atoms with Crippen LogP contribution in [-0.2, 0) is 11.2 Å². The minimum Gasteiger partial charge on any atom is -0.477 e. The number of nitriles is 1. The number of thiophene rings is 2. The molecule has 1 amide bonds. The second-order valence-corrected chi connectivity index (χ2v) is 9.76. The van der Waals surface area contributed by atoms with Crippen molar-refractivity contribution in [3.63, 3.8) is 0 Å². The third kappa shape index (κ3) is 4.95. The van der Waals surface area contributed by atoms with Crippen LogP contribution >= 0.6 is 22.7 Å². The van der Waals surface area contributed by atoms with E-state index in [0.717, 1.165) is 26.7 Å². The molecule has 0 saturated heterocycles. The lowest BCUT2D eigenvalue weighted by Crippen LogP contribution is -2.27. The van der Waals surface area contributed by atoms with Crippen molar-refractivity contribution < 1.29 is 19.4 Å². The highest BCUT2D eigenvalue weighted by atomic mass is 32.1. The maximum atomic E-state index is 12.1. The molecule has 0 saturated carbocycles. The average Bonchev–Trinajstić information content (AvgIpc) is 3.30. The molecular formula is C23H22N2O4S2. The van der Waals surface area contributed by atoms with Crippen LogP contribution in [0.2, 0.25) is 0 Å². The first-order valence-electron chi connectivity index (χ1n) is 9.62. The van der Waals surface area contributed by atoms with Crippen molar-refractivity contribution in [3.05, 3.63) is 51.0 Å². The second-order valence-electron chi connectivity index (χ2n) is 7.74. The molecule has 0 radical (unpaired) electrons. The number of rotatable bonds is 5. The van der Waals surface area contributed by atoms with E-state index in [1.165, 1.54) is 11.3 Å². The minimum atomic E-state index is -1.04. The van der Waals surface area contributed by atoms with Crippen LogP contribution in [0.5, 0.6) is 0 Å². The Morgan fingerprint density at radius 2 is 1.81 bits per heavy atom. The van der Waals surface area contributed by atoms with Gasteiger partial charge < -0.3 is 9.84 Å². The lowest BCUT2D eigenvalue weighted by Gasteiger charge is -2.19. The summed E-state index contributed by atoms with van der Waals surface area (Å²) in [5.41, 5.74) is 2.46. The minimum absolute atomic E-state index is 0.171. The standard InChI is InChI=1S/C23H22N2O4S2/c1-5-17-15(12-24)18(20(31-17)21(26)27)13-6-8-14(9-7-13)19-16(10-11-30-19)25-22(28)29-23(2,3)4/h6-11H,5H2,1-4H3,(H,25,28)(H,26,27). The van der Waals surface area contributed by atoms with E-state index >= 15 is 0 Å². The van der Waals surface area contributed by atoms with Gasteiger partial charge in [-0.1, -0.05) is 31.2 Å². The summed E-state index contributed by atoms with van der Waals surface area (Å²) in [6.07, 6.45) is 0.0692. The molecule has 0 spiro atoms. The van der Waals surface area contributed by atoms with Crippen LogP contribution in [0.15, 0.2) is 35.7 Å². The molecule has 1 aromatic carbocycles.